The predicted molar refractivity (Wildman–Crippen MR) is 107 cm³/mol. The Bertz CT molecular complexity index is 1190. The van der Waals surface area contributed by atoms with Crippen LogP contribution < -0.4 is 16.6 Å². The third kappa shape index (κ3) is 4.43. The summed E-state index contributed by atoms with van der Waals surface area (Å²) in [5.74, 6) is -1.32. The van der Waals surface area contributed by atoms with E-state index in [1.54, 1.807) is 38.1 Å². The zero-order valence-electron chi connectivity index (χ0n) is 15.7. The van der Waals surface area contributed by atoms with Crippen molar-refractivity contribution in [3.05, 3.63) is 91.5 Å². The zero-order valence-corrected chi connectivity index (χ0v) is 16.5. The highest BCUT2D eigenvalue weighted by molar-refractivity contribution is 6.31. The first-order chi connectivity index (χ1) is 13.8. The molecule has 1 N–H and O–H groups in total. The lowest BCUT2D eigenvalue weighted by molar-refractivity contribution is 0.0933. The summed E-state index contributed by atoms with van der Waals surface area (Å²) >= 11 is 6.16. The Hall–Kier alpha value is -3.26. The van der Waals surface area contributed by atoms with E-state index in [-0.39, 0.29) is 18.3 Å². The van der Waals surface area contributed by atoms with Gasteiger partial charge in [-0.2, -0.15) is 9.78 Å². The van der Waals surface area contributed by atoms with Crippen LogP contribution in [0.1, 0.15) is 29.9 Å². The Kier molecular flexibility index (Phi) is 5.93. The number of hydrogen-bond donors (Lipinski definition) is 1. The van der Waals surface area contributed by atoms with Gasteiger partial charge in [0.1, 0.15) is 5.82 Å². The summed E-state index contributed by atoms with van der Waals surface area (Å²) in [7, 11) is 0. The van der Waals surface area contributed by atoms with Crippen molar-refractivity contribution in [1.29, 1.82) is 0 Å². The van der Waals surface area contributed by atoms with E-state index in [0.717, 1.165) is 15.3 Å². The number of rotatable bonds is 5. The highest BCUT2D eigenvalue weighted by Gasteiger charge is 2.21. The molecule has 0 aliphatic rings. The molecule has 0 unspecified atom stereocenters. The number of hydrogen-bond acceptors (Lipinski definition) is 4. The van der Waals surface area contributed by atoms with Crippen LogP contribution in [0.2, 0.25) is 5.02 Å². The lowest BCUT2D eigenvalue weighted by Crippen LogP contribution is -2.46. The van der Waals surface area contributed by atoms with E-state index in [1.165, 1.54) is 18.2 Å². The molecule has 3 aromatic rings. The maximum Gasteiger partial charge on any atom is 0.352 e. The molecule has 1 amide bonds. The molecule has 0 radical (unpaired) electrons. The number of nitrogens with one attached hydrogen (secondary N) is 1. The van der Waals surface area contributed by atoms with Crippen molar-refractivity contribution in [2.45, 2.75) is 26.4 Å². The Balaban J connectivity index is 2.24. The van der Waals surface area contributed by atoms with Crippen molar-refractivity contribution in [1.82, 2.24) is 19.7 Å². The molecule has 0 spiro atoms. The van der Waals surface area contributed by atoms with Gasteiger partial charge in [0.05, 0.1) is 12.2 Å². The summed E-state index contributed by atoms with van der Waals surface area (Å²) in [4.78, 5) is 38.4. The van der Waals surface area contributed by atoms with E-state index in [0.29, 0.717) is 10.6 Å². The van der Waals surface area contributed by atoms with E-state index >= 15 is 0 Å². The Labute approximate surface area is 170 Å². The molecule has 0 aliphatic heterocycles. The second-order valence-electron chi connectivity index (χ2n) is 6.63. The van der Waals surface area contributed by atoms with Crippen molar-refractivity contribution in [2.24, 2.45) is 0 Å². The molecule has 0 fully saturated rings. The van der Waals surface area contributed by atoms with Gasteiger partial charge in [-0.05, 0) is 43.7 Å². The average molecular weight is 417 g/mol. The number of carbonyl (C=O) groups excluding carboxylic acids is 1. The molecule has 0 aliphatic carbocycles. The van der Waals surface area contributed by atoms with Gasteiger partial charge < -0.3 is 5.32 Å². The molecular formula is C20H18ClFN4O3. The van der Waals surface area contributed by atoms with Crippen LogP contribution in [0.25, 0.3) is 5.69 Å². The molecule has 1 heterocycles. The number of aromatic nitrogens is 3. The van der Waals surface area contributed by atoms with Crippen molar-refractivity contribution < 1.29 is 9.18 Å². The number of benzene rings is 2. The fourth-order valence-electron chi connectivity index (χ4n) is 2.70. The Morgan fingerprint density at radius 3 is 2.55 bits per heavy atom. The van der Waals surface area contributed by atoms with Crippen molar-refractivity contribution in [2.75, 3.05) is 0 Å². The van der Waals surface area contributed by atoms with Gasteiger partial charge in [-0.1, -0.05) is 35.9 Å². The molecule has 0 bridgehead atoms. The largest absolute Gasteiger partial charge is 0.352 e. The lowest BCUT2D eigenvalue weighted by atomic mass is 10.2. The summed E-state index contributed by atoms with van der Waals surface area (Å²) in [5, 5.41) is 6.86. The number of amides is 1. The first kappa shape index (κ1) is 20.5. The fourth-order valence-corrected chi connectivity index (χ4v) is 2.90. The predicted octanol–water partition coefficient (Wildman–Crippen LogP) is 2.37. The number of nitrogens with zero attached hydrogens (tertiary/aromatic N) is 3. The van der Waals surface area contributed by atoms with Gasteiger partial charge >= 0.3 is 5.69 Å². The fraction of sp³-hybridized carbons (Fsp3) is 0.200. The van der Waals surface area contributed by atoms with Crippen LogP contribution >= 0.6 is 11.6 Å². The van der Waals surface area contributed by atoms with Crippen molar-refractivity contribution >= 4 is 17.5 Å². The summed E-state index contributed by atoms with van der Waals surface area (Å²) in [6.45, 7) is 3.28. The molecule has 2 aromatic carbocycles. The third-order valence-electron chi connectivity index (χ3n) is 4.03. The van der Waals surface area contributed by atoms with Gasteiger partial charge in [0, 0.05) is 11.1 Å². The van der Waals surface area contributed by atoms with Crippen LogP contribution in [0.15, 0.2) is 58.1 Å². The maximum absolute atomic E-state index is 13.7. The van der Waals surface area contributed by atoms with Crippen LogP contribution in [0, 0.1) is 5.82 Å². The summed E-state index contributed by atoms with van der Waals surface area (Å²) in [6, 6.07) is 11.6. The first-order valence-electron chi connectivity index (χ1n) is 8.82. The van der Waals surface area contributed by atoms with Crippen molar-refractivity contribution in [3.8, 4) is 5.69 Å². The molecule has 0 saturated heterocycles. The quantitative estimate of drug-likeness (QED) is 0.692. The van der Waals surface area contributed by atoms with E-state index in [4.69, 9.17) is 11.6 Å². The molecule has 9 heteroatoms. The average Bonchev–Trinajstić information content (AvgIpc) is 2.66. The van der Waals surface area contributed by atoms with Gasteiger partial charge in [0.2, 0.25) is 5.69 Å². The second kappa shape index (κ2) is 8.40. The third-order valence-corrected chi connectivity index (χ3v) is 4.40. The minimum Gasteiger partial charge on any atom is -0.348 e. The summed E-state index contributed by atoms with van der Waals surface area (Å²) in [5.41, 5.74) is -1.56. The molecule has 29 heavy (non-hydrogen) atoms. The molecule has 7 nitrogen and oxygen atoms in total. The number of halogens is 2. The van der Waals surface area contributed by atoms with E-state index in [2.05, 4.69) is 10.4 Å². The minimum atomic E-state index is -0.860. The second-order valence-corrected chi connectivity index (χ2v) is 7.04. The normalized spacial score (nSPS) is 10.9. The highest BCUT2D eigenvalue weighted by atomic mass is 35.5. The van der Waals surface area contributed by atoms with E-state index < -0.39 is 28.7 Å². The van der Waals surface area contributed by atoms with Gasteiger partial charge in [-0.3, -0.25) is 14.2 Å². The highest BCUT2D eigenvalue weighted by Crippen LogP contribution is 2.15. The van der Waals surface area contributed by atoms with Crippen LogP contribution in [0.4, 0.5) is 4.39 Å². The summed E-state index contributed by atoms with van der Waals surface area (Å²) < 4.78 is 15.4. The summed E-state index contributed by atoms with van der Waals surface area (Å²) in [6.07, 6.45) is 0. The van der Waals surface area contributed by atoms with Gasteiger partial charge in [-0.15, -0.1) is 0 Å². The monoisotopic (exact) mass is 416 g/mol. The smallest absolute Gasteiger partial charge is 0.348 e. The zero-order chi connectivity index (χ0) is 21.1. The van der Waals surface area contributed by atoms with Crippen LogP contribution in [-0.4, -0.2) is 26.3 Å². The van der Waals surface area contributed by atoms with Crippen LogP contribution in [-0.2, 0) is 6.54 Å². The van der Waals surface area contributed by atoms with E-state index in [9.17, 15) is 18.8 Å². The topological polar surface area (TPSA) is 86.0 Å². The maximum atomic E-state index is 13.7. The standard InChI is InChI=1S/C20H18ClFN4O3/c1-12(2)23-18(27)17-19(28)25(11-13-6-3-4-9-16(13)21)20(29)26(24-17)15-8-5-7-14(22)10-15/h3-10,12H,11H2,1-2H3,(H,23,27). The molecule has 1 aromatic heterocycles. The Morgan fingerprint density at radius 2 is 1.90 bits per heavy atom. The molecule has 0 saturated carbocycles. The van der Waals surface area contributed by atoms with Gasteiger partial charge in [0.15, 0.2) is 0 Å². The molecule has 150 valence electrons. The molecule has 0 atom stereocenters. The van der Waals surface area contributed by atoms with E-state index in [1.807, 2.05) is 0 Å². The van der Waals surface area contributed by atoms with Crippen LogP contribution in [0.5, 0.6) is 0 Å². The minimum absolute atomic E-state index is 0.0847. The lowest BCUT2D eigenvalue weighted by Gasteiger charge is -2.13. The van der Waals surface area contributed by atoms with Crippen molar-refractivity contribution in [3.63, 3.8) is 0 Å². The number of carbonyl (C=O) groups is 1. The van der Waals surface area contributed by atoms with Gasteiger partial charge in [0.25, 0.3) is 11.5 Å². The molecular weight excluding hydrogens is 399 g/mol. The van der Waals surface area contributed by atoms with Crippen LogP contribution in [0.3, 0.4) is 0 Å². The SMILES string of the molecule is CC(C)NC(=O)c1nn(-c2cccc(F)c2)c(=O)n(Cc2ccccc2Cl)c1=O. The molecule has 3 rings (SSSR count). The van der Waals surface area contributed by atoms with Gasteiger partial charge in [-0.25, -0.2) is 9.18 Å². The first-order valence-corrected chi connectivity index (χ1v) is 9.20. The Morgan fingerprint density at radius 1 is 1.17 bits per heavy atom.